The predicted octanol–water partition coefficient (Wildman–Crippen LogP) is 1.56. The molecule has 0 saturated carbocycles. The number of hydrogen-bond donors (Lipinski definition) is 1. The zero-order valence-corrected chi connectivity index (χ0v) is 9.42. The molecule has 4 nitrogen and oxygen atoms in total. The fraction of sp³-hybridized carbons (Fsp3) is 0.700. The number of aromatic nitrogens is 2. The Morgan fingerprint density at radius 1 is 1.33 bits per heavy atom. The van der Waals surface area contributed by atoms with E-state index in [0.717, 1.165) is 43.4 Å². The minimum Gasteiger partial charge on any atom is -0.382 e. The Morgan fingerprint density at radius 3 is 2.93 bits per heavy atom. The molecule has 15 heavy (non-hydrogen) atoms. The summed E-state index contributed by atoms with van der Waals surface area (Å²) in [5.74, 6) is 2.84. The third-order valence-corrected chi connectivity index (χ3v) is 4.14. The summed E-state index contributed by atoms with van der Waals surface area (Å²) in [4.78, 5) is 0. The third kappa shape index (κ3) is 1.54. The second kappa shape index (κ2) is 3.72. The Labute approximate surface area is 93.2 Å². The van der Waals surface area contributed by atoms with Crippen LogP contribution in [-0.4, -0.2) is 23.0 Å². The summed E-state index contributed by atoms with van der Waals surface area (Å²) in [6.45, 7) is 1.71. The average Bonchev–Trinajstić information content (AvgIpc) is 2.84. The maximum atomic E-state index is 5.92. The molecule has 1 aromatic rings. The lowest BCUT2D eigenvalue weighted by atomic mass is 10.1. The quantitative estimate of drug-likeness (QED) is 0.788. The molecule has 2 aliphatic heterocycles. The summed E-state index contributed by atoms with van der Waals surface area (Å²) >= 11 is 1.93. The van der Waals surface area contributed by atoms with E-state index < -0.39 is 0 Å². The molecule has 0 atom stereocenters. The number of nitrogen functional groups attached to an aromatic ring is 1. The molecule has 3 rings (SSSR count). The van der Waals surface area contributed by atoms with E-state index in [9.17, 15) is 0 Å². The van der Waals surface area contributed by atoms with Crippen molar-refractivity contribution in [2.24, 2.45) is 0 Å². The van der Waals surface area contributed by atoms with Crippen molar-refractivity contribution in [3.63, 3.8) is 0 Å². The Hall–Kier alpha value is -0.680. The van der Waals surface area contributed by atoms with E-state index in [-0.39, 0.29) is 0 Å². The van der Waals surface area contributed by atoms with Crippen molar-refractivity contribution < 1.29 is 4.74 Å². The second-order valence-electron chi connectivity index (χ2n) is 4.09. The van der Waals surface area contributed by atoms with E-state index in [1.165, 1.54) is 11.3 Å². The summed E-state index contributed by atoms with van der Waals surface area (Å²) in [7, 11) is 0. The van der Waals surface area contributed by atoms with Crippen molar-refractivity contribution in [3.8, 4) is 0 Å². The zero-order chi connectivity index (χ0) is 10.3. The molecule has 1 fully saturated rings. The summed E-state index contributed by atoms with van der Waals surface area (Å²) in [6, 6.07) is 0.503. The van der Waals surface area contributed by atoms with Gasteiger partial charge >= 0.3 is 0 Å². The molecular formula is C10H15N3OS. The minimum absolute atomic E-state index is 0.503. The van der Waals surface area contributed by atoms with Crippen LogP contribution in [0.4, 0.5) is 5.82 Å². The zero-order valence-electron chi connectivity index (χ0n) is 8.61. The Balaban J connectivity index is 1.93. The van der Waals surface area contributed by atoms with Crippen molar-refractivity contribution in [1.82, 2.24) is 9.78 Å². The molecule has 1 aromatic heterocycles. The first-order valence-electron chi connectivity index (χ1n) is 5.37. The normalized spacial score (nSPS) is 21.9. The largest absolute Gasteiger partial charge is 0.382 e. The van der Waals surface area contributed by atoms with Crippen LogP contribution in [0.2, 0.25) is 0 Å². The first-order chi connectivity index (χ1) is 7.36. The van der Waals surface area contributed by atoms with Crippen LogP contribution in [0, 0.1) is 0 Å². The molecule has 82 valence electrons. The highest BCUT2D eigenvalue weighted by molar-refractivity contribution is 7.98. The van der Waals surface area contributed by atoms with Gasteiger partial charge in [-0.15, -0.1) is 0 Å². The topological polar surface area (TPSA) is 53.1 Å². The number of ether oxygens (including phenoxy) is 1. The van der Waals surface area contributed by atoms with Crippen LogP contribution in [-0.2, 0) is 16.2 Å². The molecule has 0 unspecified atom stereocenters. The van der Waals surface area contributed by atoms with E-state index in [1.54, 1.807) is 0 Å². The van der Waals surface area contributed by atoms with Crippen LogP contribution in [0.3, 0.4) is 0 Å². The molecule has 2 aliphatic rings. The molecule has 0 aromatic carbocycles. The van der Waals surface area contributed by atoms with Gasteiger partial charge in [-0.1, -0.05) is 0 Å². The van der Waals surface area contributed by atoms with Gasteiger partial charge in [0.2, 0.25) is 0 Å². The number of thioether (sulfide) groups is 1. The van der Waals surface area contributed by atoms with E-state index in [4.69, 9.17) is 10.5 Å². The molecule has 0 radical (unpaired) electrons. The van der Waals surface area contributed by atoms with E-state index in [1.807, 2.05) is 11.8 Å². The van der Waals surface area contributed by atoms with Crippen molar-refractivity contribution in [3.05, 3.63) is 11.3 Å². The SMILES string of the molecule is Nc1nn(C2CCOCC2)c2c1CSC2. The number of rotatable bonds is 1. The number of nitrogens with two attached hydrogens (primary N) is 1. The molecule has 0 bridgehead atoms. The summed E-state index contributed by atoms with van der Waals surface area (Å²) < 4.78 is 7.53. The van der Waals surface area contributed by atoms with Crippen LogP contribution in [0.1, 0.15) is 30.1 Å². The van der Waals surface area contributed by atoms with Gasteiger partial charge in [-0.05, 0) is 12.8 Å². The first kappa shape index (κ1) is 9.54. The monoisotopic (exact) mass is 225 g/mol. The predicted molar refractivity (Wildman–Crippen MR) is 60.7 cm³/mol. The van der Waals surface area contributed by atoms with E-state index >= 15 is 0 Å². The second-order valence-corrected chi connectivity index (χ2v) is 5.08. The van der Waals surface area contributed by atoms with Gasteiger partial charge in [-0.3, -0.25) is 4.68 Å². The smallest absolute Gasteiger partial charge is 0.149 e. The number of anilines is 1. The van der Waals surface area contributed by atoms with Crippen LogP contribution >= 0.6 is 11.8 Å². The summed E-state index contributed by atoms with van der Waals surface area (Å²) in [5, 5.41) is 4.48. The Bertz CT molecular complexity index is 371. The van der Waals surface area contributed by atoms with Gasteiger partial charge in [0.25, 0.3) is 0 Å². The van der Waals surface area contributed by atoms with Gasteiger partial charge in [0.1, 0.15) is 5.82 Å². The van der Waals surface area contributed by atoms with Crippen molar-refractivity contribution in [2.75, 3.05) is 18.9 Å². The van der Waals surface area contributed by atoms with Crippen molar-refractivity contribution >= 4 is 17.6 Å². The molecule has 1 saturated heterocycles. The van der Waals surface area contributed by atoms with Gasteiger partial charge in [-0.25, -0.2) is 0 Å². The van der Waals surface area contributed by atoms with Gasteiger partial charge in [-0.2, -0.15) is 16.9 Å². The Morgan fingerprint density at radius 2 is 2.13 bits per heavy atom. The van der Waals surface area contributed by atoms with Crippen LogP contribution in [0.5, 0.6) is 0 Å². The number of hydrogen-bond acceptors (Lipinski definition) is 4. The average molecular weight is 225 g/mol. The van der Waals surface area contributed by atoms with Crippen molar-refractivity contribution in [2.45, 2.75) is 30.4 Å². The highest BCUT2D eigenvalue weighted by atomic mass is 32.2. The molecule has 2 N–H and O–H groups in total. The summed E-state index contributed by atoms with van der Waals surface area (Å²) in [6.07, 6.45) is 2.14. The first-order valence-corrected chi connectivity index (χ1v) is 6.53. The lowest BCUT2D eigenvalue weighted by molar-refractivity contribution is 0.0657. The van der Waals surface area contributed by atoms with Crippen LogP contribution in [0.15, 0.2) is 0 Å². The standard InChI is InChI=1S/C10H15N3OS/c11-10-8-5-15-6-9(8)13(12-10)7-1-3-14-4-2-7/h7H,1-6H2,(H2,11,12). The fourth-order valence-corrected chi connectivity index (χ4v) is 3.44. The highest BCUT2D eigenvalue weighted by Crippen LogP contribution is 2.36. The lowest BCUT2D eigenvalue weighted by Crippen LogP contribution is -2.21. The molecule has 0 spiro atoms. The molecule has 0 aliphatic carbocycles. The fourth-order valence-electron chi connectivity index (χ4n) is 2.31. The van der Waals surface area contributed by atoms with Crippen LogP contribution in [0.25, 0.3) is 0 Å². The molecule has 5 heteroatoms. The minimum atomic E-state index is 0.503. The van der Waals surface area contributed by atoms with Gasteiger partial charge in [0.15, 0.2) is 0 Å². The van der Waals surface area contributed by atoms with E-state index in [0.29, 0.717) is 6.04 Å². The van der Waals surface area contributed by atoms with Gasteiger partial charge in [0, 0.05) is 30.3 Å². The van der Waals surface area contributed by atoms with Gasteiger partial charge in [0.05, 0.1) is 11.7 Å². The molecule has 3 heterocycles. The molecule has 0 amide bonds. The number of nitrogens with zero attached hydrogens (tertiary/aromatic N) is 2. The lowest BCUT2D eigenvalue weighted by Gasteiger charge is -2.23. The van der Waals surface area contributed by atoms with Gasteiger partial charge < -0.3 is 10.5 Å². The van der Waals surface area contributed by atoms with Crippen LogP contribution < -0.4 is 5.73 Å². The Kier molecular flexibility index (Phi) is 2.36. The van der Waals surface area contributed by atoms with E-state index in [2.05, 4.69) is 9.78 Å². The maximum Gasteiger partial charge on any atom is 0.149 e. The third-order valence-electron chi connectivity index (χ3n) is 3.17. The highest BCUT2D eigenvalue weighted by Gasteiger charge is 2.26. The summed E-state index contributed by atoms with van der Waals surface area (Å²) in [5.41, 5.74) is 8.54. The molecular weight excluding hydrogens is 210 g/mol. The van der Waals surface area contributed by atoms with Crippen molar-refractivity contribution in [1.29, 1.82) is 0 Å². The number of fused-ring (bicyclic) bond motifs is 1. The maximum absolute atomic E-state index is 5.92.